The number of amides is 1. The summed E-state index contributed by atoms with van der Waals surface area (Å²) in [6.45, 7) is 0. The molecule has 0 spiro atoms. The number of nitrogens with one attached hydrogen (secondary N) is 1. The van der Waals surface area contributed by atoms with E-state index in [0.717, 1.165) is 5.56 Å². The molecule has 0 fully saturated rings. The van der Waals surface area contributed by atoms with Gasteiger partial charge in [0.25, 0.3) is 0 Å². The molecule has 0 aromatic heterocycles. The fourth-order valence-electron chi connectivity index (χ4n) is 1.62. The third kappa shape index (κ3) is 3.84. The topological polar surface area (TPSA) is 81.9 Å². The van der Waals surface area contributed by atoms with Crippen molar-refractivity contribution in [2.24, 2.45) is 5.10 Å². The Morgan fingerprint density at radius 1 is 1.10 bits per heavy atom. The molecule has 0 aliphatic rings. The van der Waals surface area contributed by atoms with Gasteiger partial charge in [0.05, 0.1) is 12.6 Å². The summed E-state index contributed by atoms with van der Waals surface area (Å²) in [4.78, 5) is 11.6. The van der Waals surface area contributed by atoms with Crippen molar-refractivity contribution in [3.8, 4) is 11.5 Å². The van der Waals surface area contributed by atoms with Crippen molar-refractivity contribution >= 4 is 12.1 Å². The number of carbonyl (C=O) groups is 1. The first kappa shape index (κ1) is 13.6. The quantitative estimate of drug-likeness (QED) is 0.450. The molecule has 0 aliphatic heterocycles. The molecule has 3 N–H and O–H groups in total. The number of benzene rings is 2. The van der Waals surface area contributed by atoms with Crippen LogP contribution >= 0.6 is 0 Å². The second-order valence-corrected chi connectivity index (χ2v) is 4.20. The number of phenolic OH excluding ortho intramolecular Hbond substituents is 2. The first-order valence-electron chi connectivity index (χ1n) is 6.03. The first-order valence-corrected chi connectivity index (χ1v) is 6.03. The molecule has 2 rings (SSSR count). The Bertz CT molecular complexity index is 624. The molecule has 0 saturated carbocycles. The van der Waals surface area contributed by atoms with E-state index >= 15 is 0 Å². The lowest BCUT2D eigenvalue weighted by atomic mass is 10.1. The zero-order valence-electron chi connectivity index (χ0n) is 10.7. The maximum Gasteiger partial charge on any atom is 0.244 e. The molecule has 0 atom stereocenters. The molecular weight excluding hydrogens is 256 g/mol. The molecule has 0 radical (unpaired) electrons. The van der Waals surface area contributed by atoms with Gasteiger partial charge in [-0.2, -0.15) is 5.10 Å². The van der Waals surface area contributed by atoms with Gasteiger partial charge in [-0.05, 0) is 29.3 Å². The predicted molar refractivity (Wildman–Crippen MR) is 75.7 cm³/mol. The minimum absolute atomic E-state index is 0.199. The molecule has 5 heteroatoms. The van der Waals surface area contributed by atoms with Crippen molar-refractivity contribution in [1.29, 1.82) is 0 Å². The van der Waals surface area contributed by atoms with E-state index in [2.05, 4.69) is 10.5 Å². The third-order valence-electron chi connectivity index (χ3n) is 2.61. The van der Waals surface area contributed by atoms with Gasteiger partial charge in [-0.3, -0.25) is 4.79 Å². The molecule has 5 nitrogen and oxygen atoms in total. The number of hydrogen-bond acceptors (Lipinski definition) is 4. The van der Waals surface area contributed by atoms with Crippen LogP contribution in [0.2, 0.25) is 0 Å². The monoisotopic (exact) mass is 270 g/mol. The Morgan fingerprint density at radius 2 is 1.85 bits per heavy atom. The van der Waals surface area contributed by atoms with Gasteiger partial charge in [0.2, 0.25) is 5.91 Å². The lowest BCUT2D eigenvalue weighted by Gasteiger charge is -2.00. The maximum absolute atomic E-state index is 11.6. The Labute approximate surface area is 116 Å². The summed E-state index contributed by atoms with van der Waals surface area (Å²) in [7, 11) is 0. The van der Waals surface area contributed by atoms with E-state index in [1.54, 1.807) is 6.07 Å². The number of carbonyl (C=O) groups excluding carboxylic acids is 1. The summed E-state index contributed by atoms with van der Waals surface area (Å²) in [6, 6.07) is 13.6. The highest BCUT2D eigenvalue weighted by atomic mass is 16.3. The van der Waals surface area contributed by atoms with E-state index in [1.165, 1.54) is 18.3 Å². The van der Waals surface area contributed by atoms with E-state index in [1.807, 2.05) is 30.3 Å². The highest BCUT2D eigenvalue weighted by molar-refractivity contribution is 5.83. The van der Waals surface area contributed by atoms with Crippen molar-refractivity contribution in [2.75, 3.05) is 0 Å². The molecule has 20 heavy (non-hydrogen) atoms. The second-order valence-electron chi connectivity index (χ2n) is 4.20. The van der Waals surface area contributed by atoms with E-state index in [-0.39, 0.29) is 23.8 Å². The molecule has 0 saturated heterocycles. The van der Waals surface area contributed by atoms with Gasteiger partial charge in [0, 0.05) is 0 Å². The summed E-state index contributed by atoms with van der Waals surface area (Å²) in [5.41, 5.74) is 3.87. The fourth-order valence-corrected chi connectivity index (χ4v) is 1.62. The third-order valence-corrected chi connectivity index (χ3v) is 2.61. The molecule has 2 aromatic carbocycles. The molecule has 0 unspecified atom stereocenters. The average molecular weight is 270 g/mol. The lowest BCUT2D eigenvalue weighted by molar-refractivity contribution is -0.120. The Hall–Kier alpha value is -2.82. The molecule has 2 aromatic rings. The number of rotatable bonds is 4. The number of hydrogen-bond donors (Lipinski definition) is 3. The molecule has 0 heterocycles. The van der Waals surface area contributed by atoms with Crippen LogP contribution in [0.3, 0.4) is 0 Å². The van der Waals surface area contributed by atoms with Crippen molar-refractivity contribution in [3.05, 3.63) is 59.7 Å². The Morgan fingerprint density at radius 3 is 2.55 bits per heavy atom. The summed E-state index contributed by atoms with van der Waals surface area (Å²) in [6.07, 6.45) is 1.64. The fraction of sp³-hybridized carbons (Fsp3) is 0.0667. The standard InChI is InChI=1S/C15H14N2O3/c18-13-7-6-12(8-14(13)19)10-16-17-15(20)9-11-4-2-1-3-5-11/h1-8,10,18-19H,9H2,(H,17,20)/b16-10-. The predicted octanol–water partition coefficient (Wildman–Crippen LogP) is 1.79. The largest absolute Gasteiger partial charge is 0.504 e. The number of nitrogens with zero attached hydrogens (tertiary/aromatic N) is 1. The molecule has 1 amide bonds. The van der Waals surface area contributed by atoms with Crippen molar-refractivity contribution < 1.29 is 15.0 Å². The van der Waals surface area contributed by atoms with Gasteiger partial charge < -0.3 is 10.2 Å². The summed E-state index contributed by atoms with van der Waals surface area (Å²) in [5.74, 6) is -0.657. The molecule has 0 aliphatic carbocycles. The van der Waals surface area contributed by atoms with Crippen molar-refractivity contribution in [1.82, 2.24) is 5.43 Å². The van der Waals surface area contributed by atoms with Crippen LogP contribution in [0.1, 0.15) is 11.1 Å². The van der Waals surface area contributed by atoms with Gasteiger partial charge in [0.1, 0.15) is 0 Å². The van der Waals surface area contributed by atoms with Crippen LogP contribution in [0, 0.1) is 0 Å². The Kier molecular flexibility index (Phi) is 4.34. The average Bonchev–Trinajstić information content (AvgIpc) is 2.44. The number of phenols is 2. The first-order chi connectivity index (χ1) is 9.65. The zero-order chi connectivity index (χ0) is 14.4. The van der Waals surface area contributed by atoms with Crippen LogP contribution in [0.15, 0.2) is 53.6 Å². The minimum atomic E-state index is -0.232. The second kappa shape index (κ2) is 6.38. The van der Waals surface area contributed by atoms with Gasteiger partial charge in [0.15, 0.2) is 11.5 Å². The van der Waals surface area contributed by atoms with E-state index in [9.17, 15) is 9.90 Å². The van der Waals surface area contributed by atoms with Gasteiger partial charge in [-0.15, -0.1) is 0 Å². The van der Waals surface area contributed by atoms with Crippen LogP contribution in [-0.2, 0) is 11.2 Å². The summed E-state index contributed by atoms with van der Waals surface area (Å²) >= 11 is 0. The summed E-state index contributed by atoms with van der Waals surface area (Å²) < 4.78 is 0. The Balaban J connectivity index is 1.89. The van der Waals surface area contributed by atoms with Gasteiger partial charge in [-0.25, -0.2) is 5.43 Å². The van der Waals surface area contributed by atoms with Gasteiger partial charge in [-0.1, -0.05) is 30.3 Å². The van der Waals surface area contributed by atoms with E-state index < -0.39 is 0 Å². The number of hydrazone groups is 1. The highest BCUT2D eigenvalue weighted by Crippen LogP contribution is 2.23. The van der Waals surface area contributed by atoms with E-state index in [0.29, 0.717) is 5.56 Å². The molecule has 102 valence electrons. The molecule has 0 bridgehead atoms. The lowest BCUT2D eigenvalue weighted by Crippen LogP contribution is -2.19. The normalized spacial score (nSPS) is 10.6. The van der Waals surface area contributed by atoms with Crippen LogP contribution in [0.25, 0.3) is 0 Å². The van der Waals surface area contributed by atoms with E-state index in [4.69, 9.17) is 5.11 Å². The summed E-state index contributed by atoms with van der Waals surface area (Å²) in [5, 5.41) is 22.3. The molecular formula is C15H14N2O3. The van der Waals surface area contributed by atoms with Crippen LogP contribution in [0.5, 0.6) is 11.5 Å². The maximum atomic E-state index is 11.6. The SMILES string of the molecule is O=C(Cc1ccccc1)N/N=C\c1ccc(O)c(O)c1. The van der Waals surface area contributed by atoms with Gasteiger partial charge >= 0.3 is 0 Å². The van der Waals surface area contributed by atoms with Crippen molar-refractivity contribution in [3.63, 3.8) is 0 Å². The van der Waals surface area contributed by atoms with Crippen LogP contribution < -0.4 is 5.43 Å². The zero-order valence-corrected chi connectivity index (χ0v) is 10.7. The van der Waals surface area contributed by atoms with Crippen LogP contribution in [-0.4, -0.2) is 22.3 Å². The van der Waals surface area contributed by atoms with Crippen molar-refractivity contribution in [2.45, 2.75) is 6.42 Å². The highest BCUT2D eigenvalue weighted by Gasteiger charge is 2.01. The van der Waals surface area contributed by atoms with Crippen LogP contribution in [0.4, 0.5) is 0 Å². The number of aromatic hydroxyl groups is 2. The minimum Gasteiger partial charge on any atom is -0.504 e. The smallest absolute Gasteiger partial charge is 0.244 e.